The number of anilines is 1. The quantitative estimate of drug-likeness (QED) is 0.269. The third-order valence-electron chi connectivity index (χ3n) is 6.60. The Balaban J connectivity index is 2.09. The molecule has 0 aromatic heterocycles. The lowest BCUT2D eigenvalue weighted by atomic mass is 10.1. The lowest BCUT2D eigenvalue weighted by molar-refractivity contribution is -0.140. The Morgan fingerprint density at radius 1 is 0.929 bits per heavy atom. The second-order valence-corrected chi connectivity index (χ2v) is 12.0. The molecule has 0 radical (unpaired) electrons. The van der Waals surface area contributed by atoms with Gasteiger partial charge in [-0.05, 0) is 61.2 Å². The fraction of sp³-hybridized carbons (Fsp3) is 0.375. The Kier molecular flexibility index (Phi) is 11.8. The van der Waals surface area contributed by atoms with Gasteiger partial charge in [0.2, 0.25) is 11.8 Å². The molecule has 0 aliphatic rings. The van der Waals surface area contributed by atoms with Gasteiger partial charge >= 0.3 is 0 Å². The summed E-state index contributed by atoms with van der Waals surface area (Å²) in [6, 6.07) is 21.1. The van der Waals surface area contributed by atoms with Crippen LogP contribution in [-0.4, -0.2) is 58.0 Å². The average Bonchev–Trinajstić information content (AvgIpc) is 2.99. The number of nitrogens with one attached hydrogen (secondary N) is 1. The van der Waals surface area contributed by atoms with E-state index in [1.54, 1.807) is 74.7 Å². The van der Waals surface area contributed by atoms with Crippen molar-refractivity contribution in [1.82, 2.24) is 10.2 Å². The van der Waals surface area contributed by atoms with Crippen molar-refractivity contribution >= 4 is 27.5 Å². The Bertz CT molecular complexity index is 1430. The van der Waals surface area contributed by atoms with Gasteiger partial charge in [-0.1, -0.05) is 63.2 Å². The molecule has 3 rings (SSSR count). The molecule has 0 unspecified atom stereocenters. The number of amides is 2. The summed E-state index contributed by atoms with van der Waals surface area (Å²) in [5.74, 6) is 0.324. The molecule has 226 valence electrons. The number of rotatable bonds is 15. The highest BCUT2D eigenvalue weighted by atomic mass is 32.2. The minimum atomic E-state index is -4.20. The summed E-state index contributed by atoms with van der Waals surface area (Å²) in [4.78, 5) is 29.1. The summed E-state index contributed by atoms with van der Waals surface area (Å²) < 4.78 is 40.3. The van der Waals surface area contributed by atoms with Crippen molar-refractivity contribution in [2.45, 2.75) is 51.6 Å². The van der Waals surface area contributed by atoms with Gasteiger partial charge in [-0.2, -0.15) is 0 Å². The maximum atomic E-state index is 14.2. The van der Waals surface area contributed by atoms with Crippen LogP contribution in [0.1, 0.15) is 39.7 Å². The van der Waals surface area contributed by atoms with Crippen LogP contribution in [0.15, 0.2) is 83.8 Å². The zero-order valence-electron chi connectivity index (χ0n) is 24.9. The summed E-state index contributed by atoms with van der Waals surface area (Å²) in [5, 5.41) is 2.93. The third-order valence-corrected chi connectivity index (χ3v) is 8.38. The fourth-order valence-electron chi connectivity index (χ4n) is 4.48. The molecule has 0 saturated heterocycles. The Labute approximate surface area is 249 Å². The maximum absolute atomic E-state index is 14.2. The van der Waals surface area contributed by atoms with Crippen molar-refractivity contribution in [3.8, 4) is 11.5 Å². The van der Waals surface area contributed by atoms with Gasteiger partial charge in [-0.25, -0.2) is 8.42 Å². The van der Waals surface area contributed by atoms with E-state index < -0.39 is 28.5 Å². The Morgan fingerprint density at radius 3 is 2.26 bits per heavy atom. The van der Waals surface area contributed by atoms with Crippen LogP contribution in [0, 0.1) is 5.92 Å². The summed E-state index contributed by atoms with van der Waals surface area (Å²) >= 11 is 0. The fourth-order valence-corrected chi connectivity index (χ4v) is 5.93. The molecule has 0 heterocycles. The molecule has 0 bridgehead atoms. The monoisotopic (exact) mass is 595 g/mol. The van der Waals surface area contributed by atoms with E-state index in [0.717, 1.165) is 9.87 Å². The number of hydrogen-bond acceptors (Lipinski definition) is 6. The zero-order chi connectivity index (χ0) is 30.7. The molecule has 1 N–H and O–H groups in total. The highest BCUT2D eigenvalue weighted by Crippen LogP contribution is 2.33. The molecule has 42 heavy (non-hydrogen) atoms. The molecule has 2 amide bonds. The normalized spacial score (nSPS) is 12.0. The van der Waals surface area contributed by atoms with Crippen LogP contribution in [0.25, 0.3) is 0 Å². The SMILES string of the molecule is CCOc1ccccc1N(CC(=O)N(Cc1cccc(OC)c1)[C@H](CC)C(=O)NCC(C)C)S(=O)(=O)c1ccccc1. The van der Waals surface area contributed by atoms with Gasteiger partial charge in [0.1, 0.15) is 24.1 Å². The number of ether oxygens (including phenoxy) is 2. The smallest absolute Gasteiger partial charge is 0.264 e. The van der Waals surface area contributed by atoms with E-state index in [1.807, 2.05) is 26.8 Å². The van der Waals surface area contributed by atoms with Crippen LogP contribution in [0.4, 0.5) is 5.69 Å². The minimum absolute atomic E-state index is 0.0326. The van der Waals surface area contributed by atoms with Crippen molar-refractivity contribution in [3.63, 3.8) is 0 Å². The van der Waals surface area contributed by atoms with E-state index in [1.165, 1.54) is 17.0 Å². The van der Waals surface area contributed by atoms with Crippen molar-refractivity contribution in [1.29, 1.82) is 0 Å². The number of methoxy groups -OCH3 is 1. The molecule has 3 aromatic carbocycles. The molecular weight excluding hydrogens is 554 g/mol. The van der Waals surface area contributed by atoms with Crippen molar-refractivity contribution in [3.05, 3.63) is 84.4 Å². The van der Waals surface area contributed by atoms with Crippen molar-refractivity contribution in [2.24, 2.45) is 5.92 Å². The molecule has 0 aliphatic heterocycles. The topological polar surface area (TPSA) is 105 Å². The van der Waals surface area contributed by atoms with E-state index >= 15 is 0 Å². The molecule has 0 saturated carbocycles. The van der Waals surface area contributed by atoms with Gasteiger partial charge in [-0.3, -0.25) is 13.9 Å². The van der Waals surface area contributed by atoms with Crippen molar-refractivity contribution in [2.75, 3.05) is 31.1 Å². The molecule has 0 spiro atoms. The molecule has 0 aliphatic carbocycles. The summed E-state index contributed by atoms with van der Waals surface area (Å²) in [5.41, 5.74) is 0.972. The first kappa shape index (κ1) is 32.5. The summed E-state index contributed by atoms with van der Waals surface area (Å²) in [6.45, 7) is 7.90. The predicted octanol–water partition coefficient (Wildman–Crippen LogP) is 4.87. The Morgan fingerprint density at radius 2 is 1.62 bits per heavy atom. The summed E-state index contributed by atoms with van der Waals surface area (Å²) in [7, 11) is -2.64. The van der Waals surface area contributed by atoms with E-state index in [4.69, 9.17) is 9.47 Å². The number of benzene rings is 3. The van der Waals surface area contributed by atoms with Crippen LogP contribution < -0.4 is 19.1 Å². The van der Waals surface area contributed by atoms with Gasteiger partial charge in [0.25, 0.3) is 10.0 Å². The molecular formula is C32H41N3O6S. The van der Waals surface area contributed by atoms with E-state index in [9.17, 15) is 18.0 Å². The first-order chi connectivity index (χ1) is 20.1. The van der Waals surface area contributed by atoms with Gasteiger partial charge < -0.3 is 19.7 Å². The highest BCUT2D eigenvalue weighted by Gasteiger charge is 2.34. The molecule has 0 fully saturated rings. The van der Waals surface area contributed by atoms with Crippen molar-refractivity contribution < 1.29 is 27.5 Å². The van der Waals surface area contributed by atoms with Crippen LogP contribution in [0.3, 0.4) is 0 Å². The number of carbonyl (C=O) groups is 2. The van der Waals surface area contributed by atoms with Gasteiger partial charge in [0, 0.05) is 13.1 Å². The lowest BCUT2D eigenvalue weighted by Gasteiger charge is -2.33. The summed E-state index contributed by atoms with van der Waals surface area (Å²) in [6.07, 6.45) is 0.334. The third kappa shape index (κ3) is 8.25. The number of para-hydroxylation sites is 2. The van der Waals surface area contributed by atoms with Gasteiger partial charge in [0.05, 0.1) is 24.3 Å². The van der Waals surface area contributed by atoms with Crippen LogP contribution >= 0.6 is 0 Å². The predicted molar refractivity (Wildman–Crippen MR) is 164 cm³/mol. The standard InChI is InChI=1S/C32H41N3O6S/c1-6-28(32(37)33-21-24(3)4)34(22-25-14-13-15-26(20-25)40-5)31(36)23-35(29-18-11-12-19-30(29)41-7-2)42(38,39)27-16-9-8-10-17-27/h8-20,24,28H,6-7,21-23H2,1-5H3,(H,33,37)/t28-/m1/s1. The van der Waals surface area contributed by atoms with Crippen LogP contribution in [-0.2, 0) is 26.2 Å². The van der Waals surface area contributed by atoms with E-state index in [0.29, 0.717) is 31.1 Å². The average molecular weight is 596 g/mol. The first-order valence-electron chi connectivity index (χ1n) is 14.1. The first-order valence-corrected chi connectivity index (χ1v) is 15.6. The zero-order valence-corrected chi connectivity index (χ0v) is 25.8. The number of hydrogen-bond donors (Lipinski definition) is 1. The number of sulfonamides is 1. The molecule has 1 atom stereocenters. The largest absolute Gasteiger partial charge is 0.497 e. The van der Waals surface area contributed by atoms with E-state index in [2.05, 4.69) is 5.32 Å². The second-order valence-electron chi connectivity index (χ2n) is 10.2. The Hall–Kier alpha value is -4.05. The van der Waals surface area contributed by atoms with E-state index in [-0.39, 0.29) is 29.0 Å². The number of nitrogens with zero attached hydrogens (tertiary/aromatic N) is 2. The molecule has 10 heteroatoms. The lowest BCUT2D eigenvalue weighted by Crippen LogP contribution is -2.52. The van der Waals surface area contributed by atoms with Crippen LogP contribution in [0.5, 0.6) is 11.5 Å². The second kappa shape index (κ2) is 15.3. The van der Waals surface area contributed by atoms with Crippen LogP contribution in [0.2, 0.25) is 0 Å². The highest BCUT2D eigenvalue weighted by molar-refractivity contribution is 7.92. The maximum Gasteiger partial charge on any atom is 0.264 e. The molecule has 3 aromatic rings. The number of carbonyl (C=O) groups excluding carboxylic acids is 2. The molecule has 9 nitrogen and oxygen atoms in total. The minimum Gasteiger partial charge on any atom is -0.497 e. The van der Waals surface area contributed by atoms with Gasteiger partial charge in [-0.15, -0.1) is 0 Å². The van der Waals surface area contributed by atoms with Gasteiger partial charge in [0.15, 0.2) is 0 Å².